The molecular weight excluding hydrogens is 449 g/mol. The largest absolute Gasteiger partial charge is 0.416 e. The second-order valence-corrected chi connectivity index (χ2v) is 6.83. The molecule has 2 N–H and O–H groups in total. The Hall–Kier alpha value is -3.38. The van der Waals surface area contributed by atoms with Crippen molar-refractivity contribution < 1.29 is 18.0 Å². The number of hydrogen-bond acceptors (Lipinski definition) is 3. The fourth-order valence-electron chi connectivity index (χ4n) is 2.53. The van der Waals surface area contributed by atoms with Gasteiger partial charge >= 0.3 is 6.18 Å². The van der Waals surface area contributed by atoms with Gasteiger partial charge in [0.25, 0.3) is 5.91 Å². The summed E-state index contributed by atoms with van der Waals surface area (Å²) in [6.07, 6.45) is -1.76. The van der Waals surface area contributed by atoms with Crippen LogP contribution >= 0.6 is 15.9 Å². The fourth-order valence-corrected chi connectivity index (χ4v) is 2.79. The zero-order chi connectivity index (χ0) is 21.0. The van der Waals surface area contributed by atoms with Crippen LogP contribution in [0.2, 0.25) is 0 Å². The number of benzene rings is 2. The Kier molecular flexibility index (Phi) is 5.84. The third kappa shape index (κ3) is 4.92. The van der Waals surface area contributed by atoms with Crippen molar-refractivity contribution in [2.45, 2.75) is 6.18 Å². The molecule has 3 rings (SSSR count). The number of amides is 1. The Morgan fingerprint density at radius 3 is 2.59 bits per heavy atom. The van der Waals surface area contributed by atoms with E-state index in [0.717, 1.165) is 22.2 Å². The maximum Gasteiger partial charge on any atom is 0.416 e. The van der Waals surface area contributed by atoms with Crippen LogP contribution in [0, 0.1) is 11.3 Å². The Morgan fingerprint density at radius 2 is 1.93 bits per heavy atom. The predicted molar refractivity (Wildman–Crippen MR) is 105 cm³/mol. The third-order valence-electron chi connectivity index (χ3n) is 3.91. The standard InChI is InChI=1S/C20H12BrF3N4O/c21-16-6-4-12(5-7-16)18-14(11-26-28-18)8-13(10-25)19(29)27-17-3-1-2-15(9-17)20(22,23)24/h1-9,11H,(H,26,28)(H,27,29)/b13-8-. The summed E-state index contributed by atoms with van der Waals surface area (Å²) in [6.45, 7) is 0. The van der Waals surface area contributed by atoms with Crippen LogP contribution in [0.4, 0.5) is 18.9 Å². The minimum atomic E-state index is -4.54. The van der Waals surface area contributed by atoms with Crippen LogP contribution in [-0.4, -0.2) is 16.1 Å². The van der Waals surface area contributed by atoms with Gasteiger partial charge in [-0.05, 0) is 36.4 Å². The lowest BCUT2D eigenvalue weighted by Gasteiger charge is -2.09. The van der Waals surface area contributed by atoms with Crippen LogP contribution in [0.25, 0.3) is 17.3 Å². The molecule has 0 aliphatic carbocycles. The van der Waals surface area contributed by atoms with E-state index in [-0.39, 0.29) is 11.3 Å². The Morgan fingerprint density at radius 1 is 1.21 bits per heavy atom. The van der Waals surface area contributed by atoms with E-state index in [0.29, 0.717) is 11.3 Å². The summed E-state index contributed by atoms with van der Waals surface area (Å²) in [4.78, 5) is 12.4. The number of alkyl halides is 3. The third-order valence-corrected chi connectivity index (χ3v) is 4.44. The SMILES string of the molecule is N#C/C(=C/c1cn[nH]c1-c1ccc(Br)cc1)C(=O)Nc1cccc(C(F)(F)F)c1. The van der Waals surface area contributed by atoms with Crippen molar-refractivity contribution in [3.8, 4) is 17.3 Å². The maximum atomic E-state index is 12.8. The van der Waals surface area contributed by atoms with Crippen molar-refractivity contribution >= 4 is 33.6 Å². The minimum Gasteiger partial charge on any atom is -0.321 e. The molecule has 0 saturated heterocycles. The van der Waals surface area contributed by atoms with E-state index < -0.39 is 17.6 Å². The van der Waals surface area contributed by atoms with Crippen LogP contribution < -0.4 is 5.32 Å². The number of nitrogens with one attached hydrogen (secondary N) is 2. The summed E-state index contributed by atoms with van der Waals surface area (Å²) < 4.78 is 39.4. The molecule has 3 aromatic rings. The van der Waals surface area contributed by atoms with Gasteiger partial charge in [-0.2, -0.15) is 23.5 Å². The van der Waals surface area contributed by atoms with Crippen molar-refractivity contribution in [2.75, 3.05) is 5.32 Å². The monoisotopic (exact) mass is 460 g/mol. The number of H-pyrrole nitrogens is 1. The number of halogens is 4. The Balaban J connectivity index is 1.86. The summed E-state index contributed by atoms with van der Waals surface area (Å²) in [7, 11) is 0. The molecule has 5 nitrogen and oxygen atoms in total. The average molecular weight is 461 g/mol. The van der Waals surface area contributed by atoms with Crippen LogP contribution in [0.5, 0.6) is 0 Å². The van der Waals surface area contributed by atoms with Crippen molar-refractivity contribution in [3.63, 3.8) is 0 Å². The molecule has 146 valence electrons. The molecule has 0 atom stereocenters. The molecule has 0 unspecified atom stereocenters. The molecule has 9 heteroatoms. The van der Waals surface area contributed by atoms with E-state index in [1.54, 1.807) is 6.07 Å². The zero-order valence-corrected chi connectivity index (χ0v) is 16.2. The number of nitrogens with zero attached hydrogens (tertiary/aromatic N) is 2. The average Bonchev–Trinajstić information content (AvgIpc) is 3.14. The smallest absolute Gasteiger partial charge is 0.321 e. The molecule has 0 aliphatic rings. The van der Waals surface area contributed by atoms with E-state index >= 15 is 0 Å². The summed E-state index contributed by atoms with van der Waals surface area (Å²) >= 11 is 3.34. The first-order valence-corrected chi connectivity index (χ1v) is 8.97. The molecule has 0 saturated carbocycles. The number of rotatable bonds is 4. The lowest BCUT2D eigenvalue weighted by molar-refractivity contribution is -0.137. The topological polar surface area (TPSA) is 81.6 Å². The quantitative estimate of drug-likeness (QED) is 0.403. The lowest BCUT2D eigenvalue weighted by atomic mass is 10.1. The molecule has 0 fully saturated rings. The molecule has 1 amide bonds. The highest BCUT2D eigenvalue weighted by atomic mass is 79.9. The fraction of sp³-hybridized carbons (Fsp3) is 0.0500. The molecule has 0 bridgehead atoms. The first-order valence-electron chi connectivity index (χ1n) is 8.17. The van der Waals surface area contributed by atoms with Crippen LogP contribution in [-0.2, 0) is 11.0 Å². The van der Waals surface area contributed by atoms with E-state index in [1.165, 1.54) is 24.4 Å². The Bertz CT molecular complexity index is 1110. The summed E-state index contributed by atoms with van der Waals surface area (Å²) in [6, 6.07) is 13.3. The molecule has 29 heavy (non-hydrogen) atoms. The van der Waals surface area contributed by atoms with Crippen LogP contribution in [0.15, 0.2) is 64.8 Å². The maximum absolute atomic E-state index is 12.8. The number of aromatic nitrogens is 2. The summed E-state index contributed by atoms with van der Waals surface area (Å²) in [5.41, 5.74) is 0.631. The molecule has 0 spiro atoms. The molecule has 1 aromatic heterocycles. The molecular formula is C20H12BrF3N4O. The number of hydrogen-bond donors (Lipinski definition) is 2. The van der Waals surface area contributed by atoms with Gasteiger partial charge in [-0.3, -0.25) is 9.89 Å². The van der Waals surface area contributed by atoms with E-state index in [1.807, 2.05) is 24.3 Å². The van der Waals surface area contributed by atoms with Gasteiger partial charge in [0.2, 0.25) is 0 Å². The summed E-state index contributed by atoms with van der Waals surface area (Å²) in [5.74, 6) is -0.824. The first-order chi connectivity index (χ1) is 13.8. The van der Waals surface area contributed by atoms with E-state index in [2.05, 4.69) is 31.4 Å². The molecule has 2 aromatic carbocycles. The van der Waals surface area contributed by atoms with Gasteiger partial charge in [0.15, 0.2) is 0 Å². The van der Waals surface area contributed by atoms with Gasteiger partial charge in [-0.25, -0.2) is 0 Å². The number of carbonyl (C=O) groups excluding carboxylic acids is 1. The van der Waals surface area contributed by atoms with Crippen LogP contribution in [0.1, 0.15) is 11.1 Å². The normalized spacial score (nSPS) is 11.8. The van der Waals surface area contributed by atoms with Gasteiger partial charge in [0.05, 0.1) is 17.5 Å². The minimum absolute atomic E-state index is 0.0636. The highest BCUT2D eigenvalue weighted by molar-refractivity contribution is 9.10. The predicted octanol–water partition coefficient (Wildman–Crippen LogP) is 5.40. The lowest BCUT2D eigenvalue weighted by Crippen LogP contribution is -2.14. The first kappa shape index (κ1) is 20.4. The van der Waals surface area contributed by atoms with E-state index in [4.69, 9.17) is 0 Å². The Labute approximate surface area is 172 Å². The zero-order valence-electron chi connectivity index (χ0n) is 14.6. The van der Waals surface area contributed by atoms with Gasteiger partial charge in [-0.15, -0.1) is 0 Å². The van der Waals surface area contributed by atoms with Gasteiger partial charge < -0.3 is 5.32 Å². The molecule has 0 radical (unpaired) electrons. The van der Waals surface area contributed by atoms with Gasteiger partial charge in [0.1, 0.15) is 11.6 Å². The molecule has 0 aliphatic heterocycles. The number of nitriles is 1. The number of aromatic amines is 1. The second kappa shape index (κ2) is 8.32. The van der Waals surface area contributed by atoms with Crippen molar-refractivity contribution in [1.82, 2.24) is 10.2 Å². The van der Waals surface area contributed by atoms with Crippen molar-refractivity contribution in [3.05, 3.63) is 75.9 Å². The van der Waals surface area contributed by atoms with Gasteiger partial charge in [0, 0.05) is 21.3 Å². The van der Waals surface area contributed by atoms with Gasteiger partial charge in [-0.1, -0.05) is 34.1 Å². The number of anilines is 1. The molecule has 1 heterocycles. The second-order valence-electron chi connectivity index (χ2n) is 5.91. The van der Waals surface area contributed by atoms with Crippen molar-refractivity contribution in [2.24, 2.45) is 0 Å². The highest BCUT2D eigenvalue weighted by Gasteiger charge is 2.30. The summed E-state index contributed by atoms with van der Waals surface area (Å²) in [5, 5.41) is 18.4. The highest BCUT2D eigenvalue weighted by Crippen LogP contribution is 2.31. The van der Waals surface area contributed by atoms with E-state index in [9.17, 15) is 23.2 Å². The van der Waals surface area contributed by atoms with Crippen LogP contribution in [0.3, 0.4) is 0 Å². The van der Waals surface area contributed by atoms with Crippen molar-refractivity contribution in [1.29, 1.82) is 5.26 Å². The number of carbonyl (C=O) groups is 1.